The van der Waals surface area contributed by atoms with Gasteiger partial charge in [0.05, 0.1) is 0 Å². The highest BCUT2D eigenvalue weighted by Gasteiger charge is 1.97. The van der Waals surface area contributed by atoms with Crippen LogP contribution in [0, 0.1) is 0 Å². The second-order valence-electron chi connectivity index (χ2n) is 5.77. The summed E-state index contributed by atoms with van der Waals surface area (Å²) in [5.41, 5.74) is 0. The molecule has 2 heteroatoms. The van der Waals surface area contributed by atoms with Crippen molar-refractivity contribution in [1.29, 1.82) is 0 Å². The van der Waals surface area contributed by atoms with E-state index in [1.54, 1.807) is 0 Å². The van der Waals surface area contributed by atoms with Gasteiger partial charge in [-0.2, -0.15) is 0 Å². The standard InChI is InChI=1S/C17H35OS/c1-2-3-4-5-6-7-8-9-10-11-12-13-14-15-16-17-19-18/h2-17H2,1H3/q+1. The zero-order chi connectivity index (χ0) is 14.0. The molecule has 0 aliphatic rings. The Bertz CT molecular complexity index is 171. The first kappa shape index (κ1) is 19.0. The molecule has 0 heterocycles. The lowest BCUT2D eigenvalue weighted by atomic mass is 10.0. The van der Waals surface area contributed by atoms with E-state index >= 15 is 0 Å². The molecule has 0 amide bonds. The Morgan fingerprint density at radius 1 is 0.526 bits per heavy atom. The van der Waals surface area contributed by atoms with E-state index in [2.05, 4.69) is 6.92 Å². The fourth-order valence-electron chi connectivity index (χ4n) is 2.53. The van der Waals surface area contributed by atoms with Gasteiger partial charge in [0, 0.05) is 10.6 Å². The summed E-state index contributed by atoms with van der Waals surface area (Å²) in [6.45, 7) is 2.28. The van der Waals surface area contributed by atoms with Gasteiger partial charge in [0.25, 0.3) is 0 Å². The molecule has 114 valence electrons. The molecule has 0 spiro atoms. The molecule has 19 heavy (non-hydrogen) atoms. The second kappa shape index (κ2) is 18.0. The lowest BCUT2D eigenvalue weighted by Gasteiger charge is -2.02. The average molecular weight is 288 g/mol. The van der Waals surface area contributed by atoms with Crippen molar-refractivity contribution >= 4 is 11.7 Å². The molecule has 0 fully saturated rings. The topological polar surface area (TPSA) is 17.1 Å². The van der Waals surface area contributed by atoms with Crippen LogP contribution in [-0.2, 0) is 15.9 Å². The van der Waals surface area contributed by atoms with Gasteiger partial charge in [0.1, 0.15) is 0 Å². The highest BCUT2D eigenvalue weighted by Crippen LogP contribution is 2.13. The van der Waals surface area contributed by atoms with E-state index in [0.717, 1.165) is 23.8 Å². The minimum atomic E-state index is 0.737. The molecule has 0 unspecified atom stereocenters. The summed E-state index contributed by atoms with van der Waals surface area (Å²) in [4.78, 5) is 0. The first-order valence-electron chi connectivity index (χ1n) is 8.66. The van der Waals surface area contributed by atoms with Crippen LogP contribution in [0.3, 0.4) is 0 Å². The Kier molecular flexibility index (Phi) is 18.0. The van der Waals surface area contributed by atoms with Gasteiger partial charge >= 0.3 is 11.7 Å². The second-order valence-corrected chi connectivity index (χ2v) is 6.42. The van der Waals surface area contributed by atoms with Crippen molar-refractivity contribution in [3.8, 4) is 0 Å². The van der Waals surface area contributed by atoms with Gasteiger partial charge in [-0.15, -0.1) is 0 Å². The molecule has 0 aromatic rings. The van der Waals surface area contributed by atoms with Crippen LogP contribution in [0.4, 0.5) is 0 Å². The molecule has 1 nitrogen and oxygen atoms in total. The molecular weight excluding hydrogens is 252 g/mol. The molecule has 0 aromatic carbocycles. The average Bonchev–Trinajstić information content (AvgIpc) is 2.43. The summed E-state index contributed by atoms with van der Waals surface area (Å²) < 4.78 is 10.2. The fraction of sp³-hybridized carbons (Fsp3) is 1.00. The smallest absolute Gasteiger partial charge is 0.0654 e. The van der Waals surface area contributed by atoms with Crippen LogP contribution in [0.25, 0.3) is 0 Å². The van der Waals surface area contributed by atoms with Gasteiger partial charge < -0.3 is 0 Å². The van der Waals surface area contributed by atoms with E-state index in [4.69, 9.17) is 0 Å². The van der Waals surface area contributed by atoms with Gasteiger partial charge in [-0.3, -0.25) is 0 Å². The molecule has 0 saturated carbocycles. The predicted molar refractivity (Wildman–Crippen MR) is 87.8 cm³/mol. The summed E-state index contributed by atoms with van der Waals surface area (Å²) in [6, 6.07) is 0. The SMILES string of the molecule is CCCCCCCCCCCCCCCCC[S+]=O. The Labute approximate surface area is 125 Å². The summed E-state index contributed by atoms with van der Waals surface area (Å²) >= 11 is 0.737. The van der Waals surface area contributed by atoms with E-state index in [-0.39, 0.29) is 0 Å². The van der Waals surface area contributed by atoms with E-state index in [1.807, 2.05) is 0 Å². The summed E-state index contributed by atoms with van der Waals surface area (Å²) in [6.07, 6.45) is 20.8. The fourth-order valence-corrected chi connectivity index (χ4v) is 2.85. The monoisotopic (exact) mass is 287 g/mol. The molecule has 0 N–H and O–H groups in total. The summed E-state index contributed by atoms with van der Waals surface area (Å²) in [7, 11) is 0. The molecule has 0 saturated heterocycles. The van der Waals surface area contributed by atoms with Crippen LogP contribution in [0.1, 0.15) is 103 Å². The van der Waals surface area contributed by atoms with Crippen LogP contribution < -0.4 is 0 Å². The van der Waals surface area contributed by atoms with Gasteiger partial charge in [0.15, 0.2) is 0 Å². The van der Waals surface area contributed by atoms with Crippen molar-refractivity contribution in [1.82, 2.24) is 0 Å². The zero-order valence-corrected chi connectivity index (χ0v) is 13.9. The number of hydrogen-bond donors (Lipinski definition) is 0. The minimum Gasteiger partial charge on any atom is -0.0654 e. The third kappa shape index (κ3) is 18.0. The maximum atomic E-state index is 10.2. The van der Waals surface area contributed by atoms with Crippen molar-refractivity contribution in [3.05, 3.63) is 0 Å². The molecule has 0 aliphatic heterocycles. The molecule has 0 radical (unpaired) electrons. The van der Waals surface area contributed by atoms with Crippen LogP contribution in [0.5, 0.6) is 0 Å². The maximum Gasteiger partial charge on any atom is 0.458 e. The minimum absolute atomic E-state index is 0.737. The largest absolute Gasteiger partial charge is 0.458 e. The first-order chi connectivity index (χ1) is 9.41. The van der Waals surface area contributed by atoms with E-state index in [9.17, 15) is 4.21 Å². The van der Waals surface area contributed by atoms with Gasteiger partial charge in [-0.05, 0) is 6.42 Å². The normalized spacial score (nSPS) is 10.8. The molecular formula is C17H35OS+. The Balaban J connectivity index is 2.89. The van der Waals surface area contributed by atoms with Crippen LogP contribution in [0.2, 0.25) is 0 Å². The summed E-state index contributed by atoms with van der Waals surface area (Å²) in [5.74, 6) is 0.804. The van der Waals surface area contributed by atoms with Gasteiger partial charge in [-0.1, -0.05) is 90.4 Å². The van der Waals surface area contributed by atoms with Crippen molar-refractivity contribution < 1.29 is 4.21 Å². The van der Waals surface area contributed by atoms with Crippen molar-refractivity contribution in [3.63, 3.8) is 0 Å². The van der Waals surface area contributed by atoms with Gasteiger partial charge in [-0.25, -0.2) is 0 Å². The van der Waals surface area contributed by atoms with Crippen LogP contribution in [0.15, 0.2) is 0 Å². The van der Waals surface area contributed by atoms with Crippen LogP contribution in [-0.4, -0.2) is 5.75 Å². The molecule has 0 aromatic heterocycles. The van der Waals surface area contributed by atoms with Crippen LogP contribution >= 0.6 is 0 Å². The molecule has 0 rings (SSSR count). The van der Waals surface area contributed by atoms with Crippen molar-refractivity contribution in [2.24, 2.45) is 0 Å². The Morgan fingerprint density at radius 3 is 1.16 bits per heavy atom. The molecule has 0 bridgehead atoms. The Morgan fingerprint density at radius 2 is 0.842 bits per heavy atom. The van der Waals surface area contributed by atoms with E-state index < -0.39 is 0 Å². The molecule has 0 atom stereocenters. The number of hydrogen-bond acceptors (Lipinski definition) is 1. The third-order valence-corrected chi connectivity index (χ3v) is 4.29. The summed E-state index contributed by atoms with van der Waals surface area (Å²) in [5, 5.41) is 0. The predicted octanol–water partition coefficient (Wildman–Crippen LogP) is 6.29. The lowest BCUT2D eigenvalue weighted by Crippen LogP contribution is -1.85. The number of unbranched alkanes of at least 4 members (excludes halogenated alkanes) is 14. The van der Waals surface area contributed by atoms with E-state index in [0.29, 0.717) is 0 Å². The Hall–Kier alpha value is 0.0200. The third-order valence-electron chi connectivity index (χ3n) is 3.83. The molecule has 0 aliphatic carbocycles. The number of rotatable bonds is 16. The highest BCUT2D eigenvalue weighted by atomic mass is 32.1. The maximum absolute atomic E-state index is 10.2. The first-order valence-corrected chi connectivity index (χ1v) is 9.57. The highest BCUT2D eigenvalue weighted by molar-refractivity contribution is 7.65. The van der Waals surface area contributed by atoms with Gasteiger partial charge in [0.2, 0.25) is 5.75 Å². The lowest BCUT2D eigenvalue weighted by molar-refractivity contribution is 0.534. The van der Waals surface area contributed by atoms with E-state index in [1.165, 1.54) is 89.9 Å². The van der Waals surface area contributed by atoms with Crippen molar-refractivity contribution in [2.75, 3.05) is 5.75 Å². The quantitative estimate of drug-likeness (QED) is 0.241. The zero-order valence-electron chi connectivity index (χ0n) is 13.1. The van der Waals surface area contributed by atoms with Crippen molar-refractivity contribution in [2.45, 2.75) is 103 Å².